The van der Waals surface area contributed by atoms with Crippen molar-refractivity contribution in [1.29, 1.82) is 0 Å². The van der Waals surface area contributed by atoms with E-state index in [0.717, 1.165) is 40.8 Å². The van der Waals surface area contributed by atoms with E-state index in [4.69, 9.17) is 4.98 Å². The molecule has 5 rings (SSSR count). The molecule has 1 aliphatic rings. The number of nitrogens with zero attached hydrogens (tertiary/aromatic N) is 2. The van der Waals surface area contributed by atoms with E-state index in [1.54, 1.807) is 4.31 Å². The van der Waals surface area contributed by atoms with Gasteiger partial charge in [0.05, 0.1) is 17.3 Å². The molecule has 2 heterocycles. The zero-order chi connectivity index (χ0) is 21.6. The molecule has 0 saturated heterocycles. The molecular formula is C25H25N3O2S. The van der Waals surface area contributed by atoms with Gasteiger partial charge in [-0.2, -0.15) is 4.31 Å². The van der Waals surface area contributed by atoms with Crippen LogP contribution in [0, 0.1) is 6.92 Å². The lowest BCUT2D eigenvalue weighted by Gasteiger charge is -2.28. The highest BCUT2D eigenvalue weighted by atomic mass is 32.2. The van der Waals surface area contributed by atoms with E-state index in [9.17, 15) is 8.42 Å². The Labute approximate surface area is 182 Å². The minimum absolute atomic E-state index is 0.458. The first-order valence-electron chi connectivity index (χ1n) is 10.5. The topological polar surface area (TPSA) is 66.1 Å². The Hall–Kier alpha value is -2.96. The molecule has 0 radical (unpaired) electrons. The van der Waals surface area contributed by atoms with Gasteiger partial charge in [0.15, 0.2) is 0 Å². The number of imidazole rings is 1. The quantitative estimate of drug-likeness (QED) is 0.519. The van der Waals surface area contributed by atoms with Crippen LogP contribution in [0.2, 0.25) is 0 Å². The predicted octanol–water partition coefficient (Wildman–Crippen LogP) is 4.45. The first-order valence-corrected chi connectivity index (χ1v) is 12.3. The van der Waals surface area contributed by atoms with Crippen LogP contribution in [0.1, 0.15) is 27.8 Å². The van der Waals surface area contributed by atoms with Crippen molar-refractivity contribution < 1.29 is 8.42 Å². The van der Waals surface area contributed by atoms with Crippen LogP contribution in [0.4, 0.5) is 0 Å². The summed E-state index contributed by atoms with van der Waals surface area (Å²) >= 11 is 0. The van der Waals surface area contributed by atoms with E-state index in [1.165, 1.54) is 28.5 Å². The van der Waals surface area contributed by atoms with Crippen LogP contribution >= 0.6 is 0 Å². The molecule has 1 N–H and O–H groups in total. The van der Waals surface area contributed by atoms with E-state index in [1.807, 2.05) is 36.4 Å². The van der Waals surface area contributed by atoms with Gasteiger partial charge in [0.1, 0.15) is 5.82 Å². The monoisotopic (exact) mass is 431 g/mol. The summed E-state index contributed by atoms with van der Waals surface area (Å²) in [6.45, 7) is 3.11. The molecule has 31 heavy (non-hydrogen) atoms. The van der Waals surface area contributed by atoms with E-state index < -0.39 is 10.0 Å². The number of aryl methyl sites for hydroxylation is 1. The van der Waals surface area contributed by atoms with Crippen molar-refractivity contribution in [2.75, 3.05) is 12.8 Å². The van der Waals surface area contributed by atoms with Crippen molar-refractivity contribution in [3.05, 3.63) is 88.5 Å². The van der Waals surface area contributed by atoms with Crippen molar-refractivity contribution in [2.45, 2.75) is 26.3 Å². The van der Waals surface area contributed by atoms with E-state index in [0.29, 0.717) is 13.1 Å². The molecule has 3 aromatic carbocycles. The Morgan fingerprint density at radius 1 is 1.06 bits per heavy atom. The molecule has 5 nitrogen and oxygen atoms in total. The maximum absolute atomic E-state index is 12.0. The summed E-state index contributed by atoms with van der Waals surface area (Å²) in [5.74, 6) is 0.888. The smallest absolute Gasteiger partial charge is 0.211 e. The number of nitrogens with one attached hydrogen (secondary N) is 1. The number of hydrogen-bond acceptors (Lipinski definition) is 3. The number of H-pyrrole nitrogens is 1. The van der Waals surface area contributed by atoms with Gasteiger partial charge in [0, 0.05) is 18.7 Å². The van der Waals surface area contributed by atoms with Gasteiger partial charge in [-0.05, 0) is 65.8 Å². The van der Waals surface area contributed by atoms with Crippen LogP contribution in [-0.4, -0.2) is 35.5 Å². The van der Waals surface area contributed by atoms with Gasteiger partial charge in [0.2, 0.25) is 10.0 Å². The number of aromatic nitrogens is 2. The van der Waals surface area contributed by atoms with Crippen LogP contribution in [0.15, 0.2) is 60.7 Å². The molecule has 0 bridgehead atoms. The highest BCUT2D eigenvalue weighted by Gasteiger charge is 2.24. The molecule has 1 aliphatic heterocycles. The van der Waals surface area contributed by atoms with Crippen LogP contribution in [0.5, 0.6) is 0 Å². The number of hydrogen-bond donors (Lipinski definition) is 1. The van der Waals surface area contributed by atoms with E-state index in [-0.39, 0.29) is 0 Å². The standard InChI is InChI=1S/C25H25N3O2S/c1-17-10-11-18(15-22(17)25-26-23-8-3-4-9-24(23)27-25)14-19-6-5-7-20-16-28(31(2,29)30)13-12-21(19)20/h3-11,15H,12-14,16H2,1-2H3,(H,26,27). The van der Waals surface area contributed by atoms with E-state index >= 15 is 0 Å². The van der Waals surface area contributed by atoms with E-state index in [2.05, 4.69) is 36.2 Å². The van der Waals surface area contributed by atoms with Gasteiger partial charge >= 0.3 is 0 Å². The Balaban J connectivity index is 1.47. The number of rotatable bonds is 4. The second-order valence-corrected chi connectivity index (χ2v) is 10.3. The lowest BCUT2D eigenvalue weighted by Crippen LogP contribution is -2.35. The Morgan fingerprint density at radius 2 is 1.90 bits per heavy atom. The maximum atomic E-state index is 12.0. The average molecular weight is 432 g/mol. The third kappa shape index (κ3) is 3.89. The summed E-state index contributed by atoms with van der Waals surface area (Å²) in [5, 5.41) is 0. The predicted molar refractivity (Wildman–Crippen MR) is 124 cm³/mol. The Bertz CT molecular complexity index is 1360. The number of para-hydroxylation sites is 2. The van der Waals surface area contributed by atoms with Gasteiger partial charge < -0.3 is 4.98 Å². The lowest BCUT2D eigenvalue weighted by molar-refractivity contribution is 0.394. The van der Waals surface area contributed by atoms with Crippen molar-refractivity contribution in [3.8, 4) is 11.4 Å². The molecule has 0 aliphatic carbocycles. The van der Waals surface area contributed by atoms with Crippen LogP contribution in [-0.2, 0) is 29.4 Å². The molecule has 6 heteroatoms. The molecule has 0 atom stereocenters. The van der Waals surface area contributed by atoms with Crippen LogP contribution < -0.4 is 0 Å². The fourth-order valence-electron chi connectivity index (χ4n) is 4.45. The average Bonchev–Trinajstić information content (AvgIpc) is 3.18. The number of benzene rings is 3. The molecule has 0 unspecified atom stereocenters. The highest BCUT2D eigenvalue weighted by molar-refractivity contribution is 7.88. The lowest BCUT2D eigenvalue weighted by atomic mass is 9.91. The molecular weight excluding hydrogens is 406 g/mol. The Morgan fingerprint density at radius 3 is 2.71 bits per heavy atom. The van der Waals surface area contributed by atoms with Gasteiger partial charge in [-0.15, -0.1) is 0 Å². The van der Waals surface area contributed by atoms with Crippen LogP contribution in [0.3, 0.4) is 0 Å². The highest BCUT2D eigenvalue weighted by Crippen LogP contribution is 2.29. The molecule has 1 aromatic heterocycles. The maximum Gasteiger partial charge on any atom is 0.211 e. The number of sulfonamides is 1. The minimum atomic E-state index is -3.17. The van der Waals surface area contributed by atoms with Crippen LogP contribution in [0.25, 0.3) is 22.4 Å². The molecule has 4 aromatic rings. The fourth-order valence-corrected chi connectivity index (χ4v) is 5.24. The second kappa shape index (κ2) is 7.62. The summed E-state index contributed by atoms with van der Waals surface area (Å²) < 4.78 is 25.5. The number of fused-ring (bicyclic) bond motifs is 2. The van der Waals surface area contributed by atoms with Crippen molar-refractivity contribution in [3.63, 3.8) is 0 Å². The Kier molecular flexibility index (Phi) is 4.91. The van der Waals surface area contributed by atoms with Crippen molar-refractivity contribution in [1.82, 2.24) is 14.3 Å². The zero-order valence-electron chi connectivity index (χ0n) is 17.7. The molecule has 0 saturated carbocycles. The SMILES string of the molecule is Cc1ccc(Cc2cccc3c2CCN(S(C)(=O)=O)C3)cc1-c1nc2ccccc2[nH]1. The molecule has 0 amide bonds. The normalized spacial score (nSPS) is 14.6. The van der Waals surface area contributed by atoms with Gasteiger partial charge in [0.25, 0.3) is 0 Å². The summed E-state index contributed by atoms with van der Waals surface area (Å²) in [5.41, 5.74) is 9.19. The van der Waals surface area contributed by atoms with Gasteiger partial charge in [-0.3, -0.25) is 0 Å². The van der Waals surface area contributed by atoms with Crippen molar-refractivity contribution in [2.24, 2.45) is 0 Å². The number of aromatic amines is 1. The molecule has 0 spiro atoms. The third-order valence-electron chi connectivity index (χ3n) is 6.14. The summed E-state index contributed by atoms with van der Waals surface area (Å²) in [7, 11) is -3.17. The van der Waals surface area contributed by atoms with Gasteiger partial charge in [-0.1, -0.05) is 42.5 Å². The third-order valence-corrected chi connectivity index (χ3v) is 7.39. The first kappa shape index (κ1) is 20.0. The summed E-state index contributed by atoms with van der Waals surface area (Å²) in [6.07, 6.45) is 2.85. The van der Waals surface area contributed by atoms with Crippen molar-refractivity contribution >= 4 is 21.1 Å². The first-order chi connectivity index (χ1) is 14.9. The summed E-state index contributed by atoms with van der Waals surface area (Å²) in [4.78, 5) is 8.21. The minimum Gasteiger partial charge on any atom is -0.338 e. The molecule has 158 valence electrons. The largest absolute Gasteiger partial charge is 0.338 e. The summed E-state index contributed by atoms with van der Waals surface area (Å²) in [6, 6.07) is 20.9. The molecule has 0 fully saturated rings. The zero-order valence-corrected chi connectivity index (χ0v) is 18.5. The van der Waals surface area contributed by atoms with Gasteiger partial charge in [-0.25, -0.2) is 13.4 Å². The second-order valence-electron chi connectivity index (χ2n) is 8.33. The fraction of sp³-hybridized carbons (Fsp3) is 0.240.